The van der Waals surface area contributed by atoms with Gasteiger partial charge in [0.1, 0.15) is 12.0 Å². The summed E-state index contributed by atoms with van der Waals surface area (Å²) >= 11 is 0. The number of hydrogen-bond acceptors (Lipinski definition) is 2. The fraction of sp³-hybridized carbons (Fsp3) is 0. The summed E-state index contributed by atoms with van der Waals surface area (Å²) in [5.41, 5.74) is 3.31. The number of H-pyrrole nitrogens is 1. The van der Waals surface area contributed by atoms with Crippen LogP contribution in [0.2, 0.25) is 0 Å². The Labute approximate surface area is 85.2 Å². The summed E-state index contributed by atoms with van der Waals surface area (Å²) in [5, 5.41) is 3.34. The predicted molar refractivity (Wildman–Crippen MR) is 60.7 cm³/mol. The molecule has 70 valence electrons. The highest BCUT2D eigenvalue weighted by Crippen LogP contribution is 2.25. The monoisotopic (exact) mass is 193 g/mol. The highest BCUT2D eigenvalue weighted by molar-refractivity contribution is 5.99. The van der Waals surface area contributed by atoms with E-state index in [1.165, 1.54) is 16.3 Å². The summed E-state index contributed by atoms with van der Waals surface area (Å²) < 4.78 is 0. The van der Waals surface area contributed by atoms with Crippen LogP contribution in [0.5, 0.6) is 0 Å². The van der Waals surface area contributed by atoms with Crippen molar-refractivity contribution in [3.63, 3.8) is 0 Å². The van der Waals surface area contributed by atoms with Crippen molar-refractivity contribution < 1.29 is 0 Å². The van der Waals surface area contributed by atoms with Gasteiger partial charge in [0.2, 0.25) is 0 Å². The van der Waals surface area contributed by atoms with E-state index in [2.05, 4.69) is 39.3 Å². The molecule has 0 spiro atoms. The van der Waals surface area contributed by atoms with Crippen LogP contribution in [0, 0.1) is 0 Å². The highest BCUT2D eigenvalue weighted by Gasteiger charge is 2.12. The molecule has 1 aromatic carbocycles. The Hall–Kier alpha value is -2.16. The van der Waals surface area contributed by atoms with E-state index in [9.17, 15) is 0 Å². The van der Waals surface area contributed by atoms with E-state index in [0.29, 0.717) is 0 Å². The Morgan fingerprint density at radius 2 is 2.20 bits per heavy atom. The van der Waals surface area contributed by atoms with Gasteiger partial charge in [-0.2, -0.15) is 0 Å². The first-order valence-electron chi connectivity index (χ1n) is 4.87. The quantitative estimate of drug-likeness (QED) is 0.654. The first-order valence-corrected chi connectivity index (χ1v) is 4.87. The zero-order valence-corrected chi connectivity index (χ0v) is 7.86. The summed E-state index contributed by atoms with van der Waals surface area (Å²) in [7, 11) is 0. The lowest BCUT2D eigenvalue weighted by Gasteiger charge is -1.94. The van der Waals surface area contributed by atoms with Crippen LogP contribution in [0.15, 0.2) is 28.2 Å². The van der Waals surface area contributed by atoms with Gasteiger partial charge in [0.15, 0.2) is 0 Å². The third-order valence-electron chi connectivity index (χ3n) is 2.91. The van der Waals surface area contributed by atoms with Crippen LogP contribution >= 0.6 is 0 Å². The summed E-state index contributed by atoms with van der Waals surface area (Å²) in [6.07, 6.45) is 7.87. The molecular formula is C12H7N3. The van der Waals surface area contributed by atoms with E-state index < -0.39 is 0 Å². The Morgan fingerprint density at radius 3 is 3.20 bits per heavy atom. The molecule has 0 radical (unpaired) electrons. The Morgan fingerprint density at radius 1 is 1.20 bits per heavy atom. The van der Waals surface area contributed by atoms with E-state index in [-0.39, 0.29) is 0 Å². The molecule has 1 aliphatic heterocycles. The molecule has 0 bridgehead atoms. The average molecular weight is 193 g/mol. The molecule has 15 heavy (non-hydrogen) atoms. The second-order valence-electron chi connectivity index (χ2n) is 3.71. The fourth-order valence-electron chi connectivity index (χ4n) is 2.21. The number of hydrogen-bond donors (Lipinski definition) is 1. The molecule has 0 saturated heterocycles. The van der Waals surface area contributed by atoms with Crippen molar-refractivity contribution in [1.82, 2.24) is 4.98 Å². The van der Waals surface area contributed by atoms with Gasteiger partial charge in [-0.05, 0) is 18.2 Å². The van der Waals surface area contributed by atoms with Crippen LogP contribution in [-0.4, -0.2) is 11.3 Å². The first kappa shape index (κ1) is 7.17. The summed E-state index contributed by atoms with van der Waals surface area (Å²) in [6, 6.07) is 4.12. The van der Waals surface area contributed by atoms with Crippen molar-refractivity contribution in [2.45, 2.75) is 0 Å². The summed E-state index contributed by atoms with van der Waals surface area (Å²) in [6.45, 7) is 0. The van der Waals surface area contributed by atoms with E-state index in [1.54, 1.807) is 6.34 Å². The van der Waals surface area contributed by atoms with Crippen LogP contribution in [-0.2, 0) is 0 Å². The molecular weight excluding hydrogens is 186 g/mol. The third-order valence-corrected chi connectivity index (χ3v) is 2.91. The van der Waals surface area contributed by atoms with E-state index in [0.717, 1.165) is 16.6 Å². The van der Waals surface area contributed by atoms with Gasteiger partial charge in [-0.15, -0.1) is 0 Å². The van der Waals surface area contributed by atoms with Crippen LogP contribution in [0.3, 0.4) is 0 Å². The molecule has 1 N–H and O–H groups in total. The standard InChI is InChI=1S/C12H7N3/c1-2-7-8-4-5-10-12(14-6-13-10)11(8)15-9(7)3-1/h1-6,15H. The first-order chi connectivity index (χ1) is 7.43. The van der Waals surface area contributed by atoms with E-state index in [1.807, 2.05) is 6.07 Å². The number of nitrogens with zero attached hydrogens (tertiary/aromatic N) is 2. The Kier molecular flexibility index (Phi) is 1.08. The molecule has 0 fully saturated rings. The van der Waals surface area contributed by atoms with Gasteiger partial charge < -0.3 is 4.98 Å². The second-order valence-corrected chi connectivity index (χ2v) is 3.71. The van der Waals surface area contributed by atoms with Gasteiger partial charge in [-0.25, -0.2) is 9.98 Å². The van der Waals surface area contributed by atoms with Crippen molar-refractivity contribution in [1.29, 1.82) is 0 Å². The maximum Gasteiger partial charge on any atom is 0.117 e. The smallest absolute Gasteiger partial charge is 0.117 e. The lowest BCUT2D eigenvalue weighted by molar-refractivity contribution is 1.37. The molecule has 2 heterocycles. The summed E-state index contributed by atoms with van der Waals surface area (Å²) in [4.78, 5) is 11.9. The van der Waals surface area contributed by atoms with Gasteiger partial charge in [-0.3, -0.25) is 0 Å². The molecule has 0 amide bonds. The van der Waals surface area contributed by atoms with E-state index in [4.69, 9.17) is 0 Å². The number of nitrogens with one attached hydrogen (secondary N) is 1. The Bertz CT molecular complexity index is 760. The van der Waals surface area contributed by atoms with Crippen molar-refractivity contribution in [2.75, 3.05) is 0 Å². The number of benzene rings is 1. The summed E-state index contributed by atoms with van der Waals surface area (Å²) in [5.74, 6) is 0. The molecule has 1 aliphatic carbocycles. The topological polar surface area (TPSA) is 40.5 Å². The molecule has 3 nitrogen and oxygen atoms in total. The minimum atomic E-state index is 0.950. The Balaban J connectivity index is 2.33. The van der Waals surface area contributed by atoms with Crippen LogP contribution < -0.4 is 10.7 Å². The number of aliphatic imine (C=N–C) groups is 1. The van der Waals surface area contributed by atoms with Gasteiger partial charge in [0.25, 0.3) is 0 Å². The maximum absolute atomic E-state index is 4.28. The number of rotatable bonds is 0. The molecule has 2 aliphatic rings. The van der Waals surface area contributed by atoms with Crippen molar-refractivity contribution in [3.05, 3.63) is 34.5 Å². The SMILES string of the molecule is C1=Cc2c([nH]c3c4c(ccc23)=NC=N4)=C1. The number of allylic oxidation sites excluding steroid dienone is 1. The molecule has 1 aromatic heterocycles. The van der Waals surface area contributed by atoms with Gasteiger partial charge >= 0.3 is 0 Å². The fourth-order valence-corrected chi connectivity index (χ4v) is 2.21. The lowest BCUT2D eigenvalue weighted by atomic mass is 10.1. The third kappa shape index (κ3) is 0.760. The minimum absolute atomic E-state index is 0.950. The van der Waals surface area contributed by atoms with Crippen molar-refractivity contribution >= 4 is 35.1 Å². The van der Waals surface area contributed by atoms with Crippen molar-refractivity contribution in [3.8, 4) is 0 Å². The zero-order chi connectivity index (χ0) is 9.83. The van der Waals surface area contributed by atoms with Crippen molar-refractivity contribution in [2.24, 2.45) is 9.98 Å². The average Bonchev–Trinajstić information content (AvgIpc) is 2.90. The lowest BCUT2D eigenvalue weighted by Crippen LogP contribution is -1.99. The largest absolute Gasteiger partial charge is 0.353 e. The zero-order valence-electron chi connectivity index (χ0n) is 7.86. The minimum Gasteiger partial charge on any atom is -0.353 e. The van der Waals surface area contributed by atoms with Gasteiger partial charge in [-0.1, -0.05) is 12.2 Å². The van der Waals surface area contributed by atoms with Gasteiger partial charge in [0, 0.05) is 16.3 Å². The molecule has 0 unspecified atom stereocenters. The normalized spacial score (nSPS) is 15.2. The molecule has 3 heteroatoms. The molecule has 2 aromatic rings. The van der Waals surface area contributed by atoms with Crippen LogP contribution in [0.4, 0.5) is 5.69 Å². The predicted octanol–water partition coefficient (Wildman–Crippen LogP) is 1.27. The molecule has 0 saturated carbocycles. The highest BCUT2D eigenvalue weighted by atomic mass is 14.9. The van der Waals surface area contributed by atoms with Crippen LogP contribution in [0.1, 0.15) is 5.56 Å². The van der Waals surface area contributed by atoms with Crippen LogP contribution in [0.25, 0.3) is 23.1 Å². The van der Waals surface area contributed by atoms with E-state index >= 15 is 0 Å². The molecule has 4 rings (SSSR count). The van der Waals surface area contributed by atoms with Gasteiger partial charge in [0.05, 0.1) is 10.9 Å². The maximum atomic E-state index is 4.28. The number of aromatic nitrogens is 1. The molecule has 0 atom stereocenters. The number of aromatic amines is 1. The number of fused-ring (bicyclic) bond motifs is 5. The second kappa shape index (κ2) is 2.25.